The normalized spacial score (nSPS) is 10.4. The fraction of sp³-hybridized carbons (Fsp3) is 0.304. The van der Waals surface area contributed by atoms with Crippen molar-refractivity contribution in [1.82, 2.24) is 9.97 Å². The second kappa shape index (κ2) is 9.82. The van der Waals surface area contributed by atoms with Crippen LogP contribution in [-0.2, 0) is 6.42 Å². The first-order chi connectivity index (χ1) is 14.5. The van der Waals surface area contributed by atoms with Gasteiger partial charge in [0.25, 0.3) is 0 Å². The molecule has 158 valence electrons. The van der Waals surface area contributed by atoms with Gasteiger partial charge in [0.15, 0.2) is 23.0 Å². The van der Waals surface area contributed by atoms with Gasteiger partial charge in [-0.1, -0.05) is 12.1 Å². The number of likely N-dealkylation sites (N-methyl/N-ethyl adjacent to an activating group) is 1. The number of ether oxygens (including phenoxy) is 4. The summed E-state index contributed by atoms with van der Waals surface area (Å²) in [5, 5.41) is 0. The standard InChI is InChI=1S/C23H27N3O4/c1-16-6-8-19(20(12-16)28-4)30-23-14-22(24-15-25-23)26(2)11-10-17-7-9-18(27-3)21(13-17)29-5/h6-9,12-15H,10-11H2,1-5H3. The third-order valence-corrected chi connectivity index (χ3v) is 4.74. The summed E-state index contributed by atoms with van der Waals surface area (Å²) in [6.45, 7) is 2.77. The van der Waals surface area contributed by atoms with E-state index in [2.05, 4.69) is 14.9 Å². The smallest absolute Gasteiger partial charge is 0.224 e. The maximum Gasteiger partial charge on any atom is 0.224 e. The molecule has 30 heavy (non-hydrogen) atoms. The Morgan fingerprint density at radius 2 is 1.50 bits per heavy atom. The van der Waals surface area contributed by atoms with Crippen molar-refractivity contribution in [1.29, 1.82) is 0 Å². The van der Waals surface area contributed by atoms with Gasteiger partial charge in [-0.2, -0.15) is 0 Å². The number of nitrogens with zero attached hydrogens (tertiary/aromatic N) is 3. The number of aryl methyl sites for hydroxylation is 1. The molecule has 1 heterocycles. The lowest BCUT2D eigenvalue weighted by Crippen LogP contribution is -2.21. The van der Waals surface area contributed by atoms with Gasteiger partial charge in [0, 0.05) is 19.7 Å². The van der Waals surface area contributed by atoms with Crippen LogP contribution in [0.5, 0.6) is 28.9 Å². The van der Waals surface area contributed by atoms with Crippen LogP contribution < -0.4 is 23.8 Å². The summed E-state index contributed by atoms with van der Waals surface area (Å²) in [7, 11) is 6.87. The van der Waals surface area contributed by atoms with Crippen molar-refractivity contribution in [2.75, 3.05) is 39.8 Å². The monoisotopic (exact) mass is 409 g/mol. The van der Waals surface area contributed by atoms with Gasteiger partial charge in [-0.15, -0.1) is 0 Å². The van der Waals surface area contributed by atoms with Crippen LogP contribution in [0.1, 0.15) is 11.1 Å². The van der Waals surface area contributed by atoms with Gasteiger partial charge in [0.05, 0.1) is 21.3 Å². The molecule has 0 aliphatic rings. The number of methoxy groups -OCH3 is 3. The van der Waals surface area contributed by atoms with Crippen LogP contribution in [0.2, 0.25) is 0 Å². The summed E-state index contributed by atoms with van der Waals surface area (Å²) in [6, 6.07) is 13.5. The SMILES string of the molecule is COc1ccc(CCN(C)c2cc(Oc3ccc(C)cc3OC)ncn2)cc1OC. The van der Waals surface area contributed by atoms with Crippen LogP contribution >= 0.6 is 0 Å². The van der Waals surface area contributed by atoms with Gasteiger partial charge in [-0.05, 0) is 48.7 Å². The minimum atomic E-state index is 0.458. The quantitative estimate of drug-likeness (QED) is 0.522. The van der Waals surface area contributed by atoms with Crippen LogP contribution in [0.3, 0.4) is 0 Å². The zero-order chi connectivity index (χ0) is 21.5. The molecule has 0 radical (unpaired) electrons. The molecule has 3 aromatic rings. The second-order valence-electron chi connectivity index (χ2n) is 6.83. The first-order valence-electron chi connectivity index (χ1n) is 9.60. The lowest BCUT2D eigenvalue weighted by Gasteiger charge is -2.19. The summed E-state index contributed by atoms with van der Waals surface area (Å²) in [4.78, 5) is 10.7. The van der Waals surface area contributed by atoms with E-state index in [1.54, 1.807) is 21.3 Å². The molecule has 0 atom stereocenters. The van der Waals surface area contributed by atoms with E-state index >= 15 is 0 Å². The van der Waals surface area contributed by atoms with Gasteiger partial charge in [0.2, 0.25) is 5.88 Å². The van der Waals surface area contributed by atoms with Crippen molar-refractivity contribution in [3.8, 4) is 28.9 Å². The molecule has 0 N–H and O–H groups in total. The maximum absolute atomic E-state index is 5.93. The highest BCUT2D eigenvalue weighted by molar-refractivity contribution is 5.47. The molecule has 7 nitrogen and oxygen atoms in total. The summed E-state index contributed by atoms with van der Waals surface area (Å²) >= 11 is 0. The minimum Gasteiger partial charge on any atom is -0.493 e. The second-order valence-corrected chi connectivity index (χ2v) is 6.83. The average molecular weight is 409 g/mol. The molecule has 0 saturated carbocycles. The van der Waals surface area contributed by atoms with Gasteiger partial charge in [-0.25, -0.2) is 9.97 Å². The number of anilines is 1. The Hall–Kier alpha value is -3.48. The Bertz CT molecular complexity index is 994. The summed E-state index contributed by atoms with van der Waals surface area (Å²) in [5.74, 6) is 3.95. The highest BCUT2D eigenvalue weighted by Crippen LogP contribution is 2.32. The van der Waals surface area contributed by atoms with Crippen LogP contribution in [0.4, 0.5) is 5.82 Å². The Labute approximate surface area is 177 Å². The van der Waals surface area contributed by atoms with E-state index in [1.807, 2.05) is 56.4 Å². The van der Waals surface area contributed by atoms with Crippen molar-refractivity contribution >= 4 is 5.82 Å². The van der Waals surface area contributed by atoms with Crippen molar-refractivity contribution in [3.05, 3.63) is 59.9 Å². The van der Waals surface area contributed by atoms with Crippen LogP contribution in [0.15, 0.2) is 48.8 Å². The lowest BCUT2D eigenvalue weighted by molar-refractivity contribution is 0.354. The first-order valence-corrected chi connectivity index (χ1v) is 9.60. The van der Waals surface area contributed by atoms with Crippen molar-refractivity contribution in [2.24, 2.45) is 0 Å². The number of aromatic nitrogens is 2. The van der Waals surface area contributed by atoms with Crippen LogP contribution in [0, 0.1) is 6.92 Å². The van der Waals surface area contributed by atoms with E-state index in [0.717, 1.165) is 41.4 Å². The molecule has 7 heteroatoms. The van der Waals surface area contributed by atoms with Crippen molar-refractivity contribution in [2.45, 2.75) is 13.3 Å². The highest BCUT2D eigenvalue weighted by atomic mass is 16.5. The molecule has 0 amide bonds. The minimum absolute atomic E-state index is 0.458. The van der Waals surface area contributed by atoms with Gasteiger partial charge < -0.3 is 23.8 Å². The summed E-state index contributed by atoms with van der Waals surface area (Å²) in [6.07, 6.45) is 2.32. The average Bonchev–Trinajstić information content (AvgIpc) is 2.78. The highest BCUT2D eigenvalue weighted by Gasteiger charge is 2.11. The van der Waals surface area contributed by atoms with Gasteiger partial charge in [0.1, 0.15) is 12.1 Å². The molecule has 0 saturated heterocycles. The van der Waals surface area contributed by atoms with Crippen molar-refractivity contribution in [3.63, 3.8) is 0 Å². The Balaban J connectivity index is 1.68. The van der Waals surface area contributed by atoms with E-state index in [9.17, 15) is 0 Å². The van der Waals surface area contributed by atoms with Gasteiger partial charge in [-0.3, -0.25) is 0 Å². The molecular weight excluding hydrogens is 382 g/mol. The summed E-state index contributed by atoms with van der Waals surface area (Å²) in [5.41, 5.74) is 2.24. The van der Waals surface area contributed by atoms with Crippen LogP contribution in [-0.4, -0.2) is 44.9 Å². The Morgan fingerprint density at radius 3 is 2.23 bits per heavy atom. The number of hydrogen-bond acceptors (Lipinski definition) is 7. The molecule has 0 aliphatic carbocycles. The fourth-order valence-corrected chi connectivity index (χ4v) is 3.01. The van der Waals surface area contributed by atoms with E-state index in [1.165, 1.54) is 6.33 Å². The number of benzene rings is 2. The predicted molar refractivity (Wildman–Crippen MR) is 116 cm³/mol. The Morgan fingerprint density at radius 1 is 0.800 bits per heavy atom. The van der Waals surface area contributed by atoms with Gasteiger partial charge >= 0.3 is 0 Å². The maximum atomic E-state index is 5.93. The Kier molecular flexibility index (Phi) is 6.95. The fourth-order valence-electron chi connectivity index (χ4n) is 3.01. The molecular formula is C23H27N3O4. The zero-order valence-electron chi connectivity index (χ0n) is 18.0. The molecule has 0 bridgehead atoms. The zero-order valence-corrected chi connectivity index (χ0v) is 18.0. The third-order valence-electron chi connectivity index (χ3n) is 4.74. The van der Waals surface area contributed by atoms with E-state index in [-0.39, 0.29) is 0 Å². The van der Waals surface area contributed by atoms with E-state index in [4.69, 9.17) is 18.9 Å². The molecule has 0 aliphatic heterocycles. The molecule has 0 spiro atoms. The van der Waals surface area contributed by atoms with E-state index in [0.29, 0.717) is 17.4 Å². The third kappa shape index (κ3) is 5.11. The van der Waals surface area contributed by atoms with Crippen LogP contribution in [0.25, 0.3) is 0 Å². The largest absolute Gasteiger partial charge is 0.493 e. The van der Waals surface area contributed by atoms with Crippen molar-refractivity contribution < 1.29 is 18.9 Å². The predicted octanol–water partition coefficient (Wildman–Crippen LogP) is 4.28. The molecule has 2 aromatic carbocycles. The van der Waals surface area contributed by atoms with E-state index < -0.39 is 0 Å². The first kappa shape index (κ1) is 21.2. The molecule has 1 aromatic heterocycles. The number of rotatable bonds is 9. The summed E-state index contributed by atoms with van der Waals surface area (Å²) < 4.78 is 22.0. The topological polar surface area (TPSA) is 65.9 Å². The molecule has 0 fully saturated rings. The lowest BCUT2D eigenvalue weighted by atomic mass is 10.1. The molecule has 3 rings (SSSR count). The number of hydrogen-bond donors (Lipinski definition) is 0. The molecule has 0 unspecified atom stereocenters.